The van der Waals surface area contributed by atoms with E-state index in [0.717, 1.165) is 11.1 Å². The van der Waals surface area contributed by atoms with Crippen molar-refractivity contribution < 1.29 is 19.1 Å². The molecule has 0 aliphatic rings. The van der Waals surface area contributed by atoms with Gasteiger partial charge in [-0.3, -0.25) is 9.59 Å². The SMILES string of the molecule is COc1ccc(OC)c(NC(=O)C(=O)Nc2c(C)cccc2C(C)C)c1. The van der Waals surface area contributed by atoms with E-state index < -0.39 is 11.8 Å². The minimum atomic E-state index is -0.783. The molecule has 138 valence electrons. The van der Waals surface area contributed by atoms with Crippen molar-refractivity contribution in [1.82, 2.24) is 0 Å². The van der Waals surface area contributed by atoms with Gasteiger partial charge in [0.1, 0.15) is 11.5 Å². The molecule has 2 aromatic carbocycles. The van der Waals surface area contributed by atoms with Crippen LogP contribution >= 0.6 is 0 Å². The number of aryl methyl sites for hydroxylation is 1. The molecule has 0 unspecified atom stereocenters. The molecule has 0 saturated carbocycles. The van der Waals surface area contributed by atoms with Crippen LogP contribution in [-0.4, -0.2) is 26.0 Å². The molecule has 0 heterocycles. The van der Waals surface area contributed by atoms with E-state index in [-0.39, 0.29) is 5.92 Å². The van der Waals surface area contributed by atoms with Crippen LogP contribution in [0.3, 0.4) is 0 Å². The van der Waals surface area contributed by atoms with Gasteiger partial charge in [0.2, 0.25) is 0 Å². The molecular formula is C20H24N2O4. The number of carbonyl (C=O) groups is 2. The fourth-order valence-electron chi connectivity index (χ4n) is 2.60. The molecule has 0 aromatic heterocycles. The minimum absolute atomic E-state index is 0.215. The lowest BCUT2D eigenvalue weighted by Gasteiger charge is -2.16. The molecule has 0 radical (unpaired) electrons. The maximum atomic E-state index is 12.4. The molecule has 0 bridgehead atoms. The number of methoxy groups -OCH3 is 2. The van der Waals surface area contributed by atoms with E-state index in [1.165, 1.54) is 14.2 Å². The Kier molecular flexibility index (Phi) is 6.22. The van der Waals surface area contributed by atoms with Gasteiger partial charge in [0.15, 0.2) is 0 Å². The Morgan fingerprint density at radius 1 is 0.962 bits per heavy atom. The highest BCUT2D eigenvalue weighted by Crippen LogP contribution is 2.30. The van der Waals surface area contributed by atoms with Gasteiger partial charge in [-0.25, -0.2) is 0 Å². The molecule has 6 heteroatoms. The summed E-state index contributed by atoms with van der Waals surface area (Å²) in [5, 5.41) is 5.29. The maximum Gasteiger partial charge on any atom is 0.314 e. The summed E-state index contributed by atoms with van der Waals surface area (Å²) in [5.74, 6) is -0.333. The Hall–Kier alpha value is -3.02. The van der Waals surface area contributed by atoms with Crippen molar-refractivity contribution in [2.75, 3.05) is 24.9 Å². The number of ether oxygens (including phenoxy) is 2. The standard InChI is InChI=1S/C20H24N2O4/c1-12(2)15-8-6-7-13(3)18(15)22-20(24)19(23)21-16-11-14(25-4)9-10-17(16)26-5/h6-12H,1-5H3,(H,21,23)(H,22,24). The number of hydrogen-bond donors (Lipinski definition) is 2. The van der Waals surface area contributed by atoms with Crippen molar-refractivity contribution >= 4 is 23.2 Å². The number of amides is 2. The summed E-state index contributed by atoms with van der Waals surface area (Å²) in [6.45, 7) is 5.96. The van der Waals surface area contributed by atoms with E-state index in [0.29, 0.717) is 22.9 Å². The second-order valence-corrected chi connectivity index (χ2v) is 6.17. The molecule has 2 rings (SSSR count). The molecule has 0 spiro atoms. The van der Waals surface area contributed by atoms with Crippen LogP contribution in [0.4, 0.5) is 11.4 Å². The first kappa shape index (κ1) is 19.3. The van der Waals surface area contributed by atoms with Gasteiger partial charge < -0.3 is 20.1 Å². The summed E-state index contributed by atoms with van der Waals surface area (Å²) in [6, 6.07) is 10.7. The summed E-state index contributed by atoms with van der Waals surface area (Å²) in [7, 11) is 3.01. The number of hydrogen-bond acceptors (Lipinski definition) is 4. The molecule has 0 atom stereocenters. The average Bonchev–Trinajstić information content (AvgIpc) is 2.62. The third-order valence-corrected chi connectivity index (χ3v) is 4.03. The number of rotatable bonds is 5. The van der Waals surface area contributed by atoms with Crippen LogP contribution in [0.25, 0.3) is 0 Å². The number of para-hydroxylation sites is 1. The number of carbonyl (C=O) groups excluding carboxylic acids is 2. The van der Waals surface area contributed by atoms with E-state index in [2.05, 4.69) is 10.6 Å². The molecule has 0 saturated heterocycles. The van der Waals surface area contributed by atoms with Gasteiger partial charge in [-0.1, -0.05) is 32.0 Å². The number of anilines is 2. The van der Waals surface area contributed by atoms with E-state index in [4.69, 9.17) is 9.47 Å². The lowest BCUT2D eigenvalue weighted by atomic mass is 9.98. The minimum Gasteiger partial charge on any atom is -0.497 e. The summed E-state index contributed by atoms with van der Waals surface area (Å²) in [5.41, 5.74) is 2.91. The van der Waals surface area contributed by atoms with Crippen LogP contribution in [0.5, 0.6) is 11.5 Å². The first-order chi connectivity index (χ1) is 12.4. The third-order valence-electron chi connectivity index (χ3n) is 4.03. The van der Waals surface area contributed by atoms with Crippen LogP contribution in [0.15, 0.2) is 36.4 Å². The Balaban J connectivity index is 2.21. The predicted molar refractivity (Wildman–Crippen MR) is 102 cm³/mol. The molecular weight excluding hydrogens is 332 g/mol. The van der Waals surface area contributed by atoms with Gasteiger partial charge >= 0.3 is 11.8 Å². The zero-order chi connectivity index (χ0) is 19.3. The first-order valence-corrected chi connectivity index (χ1v) is 8.31. The molecule has 6 nitrogen and oxygen atoms in total. The summed E-state index contributed by atoms with van der Waals surface area (Å²) in [6.07, 6.45) is 0. The summed E-state index contributed by atoms with van der Waals surface area (Å²) >= 11 is 0. The van der Waals surface area contributed by atoms with Crippen LogP contribution in [0.2, 0.25) is 0 Å². The fraction of sp³-hybridized carbons (Fsp3) is 0.300. The van der Waals surface area contributed by atoms with Crippen molar-refractivity contribution in [2.45, 2.75) is 26.7 Å². The summed E-state index contributed by atoms with van der Waals surface area (Å²) in [4.78, 5) is 24.8. The smallest absolute Gasteiger partial charge is 0.314 e. The normalized spacial score (nSPS) is 10.4. The molecule has 2 aromatic rings. The first-order valence-electron chi connectivity index (χ1n) is 8.31. The predicted octanol–water partition coefficient (Wildman–Crippen LogP) is 3.71. The Morgan fingerprint density at radius 3 is 2.27 bits per heavy atom. The molecule has 0 aliphatic heterocycles. The molecule has 2 N–H and O–H groups in total. The maximum absolute atomic E-state index is 12.4. The molecule has 0 aliphatic carbocycles. The Labute approximate surface area is 153 Å². The zero-order valence-electron chi connectivity index (χ0n) is 15.7. The molecule has 0 fully saturated rings. The second-order valence-electron chi connectivity index (χ2n) is 6.17. The molecule has 26 heavy (non-hydrogen) atoms. The third kappa shape index (κ3) is 4.33. The van der Waals surface area contributed by atoms with Crippen molar-refractivity contribution in [3.8, 4) is 11.5 Å². The quantitative estimate of drug-likeness (QED) is 0.801. The van der Waals surface area contributed by atoms with Gasteiger partial charge in [0, 0.05) is 11.8 Å². The van der Waals surface area contributed by atoms with Gasteiger partial charge in [0.05, 0.1) is 19.9 Å². The average molecular weight is 356 g/mol. The van der Waals surface area contributed by atoms with Gasteiger partial charge in [-0.2, -0.15) is 0 Å². The largest absolute Gasteiger partial charge is 0.497 e. The van der Waals surface area contributed by atoms with Crippen LogP contribution in [0, 0.1) is 6.92 Å². The lowest BCUT2D eigenvalue weighted by molar-refractivity contribution is -0.133. The molecule has 2 amide bonds. The second kappa shape index (κ2) is 8.38. The summed E-state index contributed by atoms with van der Waals surface area (Å²) < 4.78 is 10.4. The van der Waals surface area contributed by atoms with Crippen molar-refractivity contribution in [3.05, 3.63) is 47.5 Å². The van der Waals surface area contributed by atoms with Gasteiger partial charge in [-0.05, 0) is 36.1 Å². The number of nitrogens with one attached hydrogen (secondary N) is 2. The monoisotopic (exact) mass is 356 g/mol. The lowest BCUT2D eigenvalue weighted by Crippen LogP contribution is -2.30. The van der Waals surface area contributed by atoms with Crippen molar-refractivity contribution in [2.24, 2.45) is 0 Å². The van der Waals surface area contributed by atoms with E-state index in [9.17, 15) is 9.59 Å². The Morgan fingerprint density at radius 2 is 1.65 bits per heavy atom. The highest BCUT2D eigenvalue weighted by atomic mass is 16.5. The Bertz CT molecular complexity index is 815. The van der Waals surface area contributed by atoms with Crippen molar-refractivity contribution in [3.63, 3.8) is 0 Å². The highest BCUT2D eigenvalue weighted by Gasteiger charge is 2.19. The van der Waals surface area contributed by atoms with Crippen LogP contribution in [0.1, 0.15) is 30.9 Å². The fourth-order valence-corrected chi connectivity index (χ4v) is 2.60. The number of benzene rings is 2. The van der Waals surface area contributed by atoms with E-state index in [1.807, 2.05) is 39.0 Å². The van der Waals surface area contributed by atoms with Crippen molar-refractivity contribution in [1.29, 1.82) is 0 Å². The van der Waals surface area contributed by atoms with E-state index >= 15 is 0 Å². The van der Waals surface area contributed by atoms with E-state index in [1.54, 1.807) is 18.2 Å². The zero-order valence-corrected chi connectivity index (χ0v) is 15.7. The van der Waals surface area contributed by atoms with Gasteiger partial charge in [-0.15, -0.1) is 0 Å². The van der Waals surface area contributed by atoms with Gasteiger partial charge in [0.25, 0.3) is 0 Å². The topological polar surface area (TPSA) is 76.7 Å². The highest BCUT2D eigenvalue weighted by molar-refractivity contribution is 6.44. The van der Waals surface area contributed by atoms with Crippen LogP contribution in [-0.2, 0) is 9.59 Å². The van der Waals surface area contributed by atoms with Crippen LogP contribution < -0.4 is 20.1 Å².